The average Bonchev–Trinajstić information content (AvgIpc) is 2.47. The van der Waals surface area contributed by atoms with Crippen molar-refractivity contribution in [3.8, 4) is 0 Å². The largest absolute Gasteiger partial charge is 0.618 e. The molecule has 0 radical (unpaired) electrons. The Bertz CT molecular complexity index is 551. The Morgan fingerprint density at radius 1 is 1.19 bits per heavy atom. The zero-order valence-electron chi connectivity index (χ0n) is 12.1. The van der Waals surface area contributed by atoms with E-state index in [0.29, 0.717) is 17.3 Å². The molecule has 2 aromatic rings. The lowest BCUT2D eigenvalue weighted by Gasteiger charge is -2.20. The molecule has 2 rings (SSSR count). The maximum absolute atomic E-state index is 11.5. The number of hydrogen-bond donors (Lipinski definition) is 1. The van der Waals surface area contributed by atoms with Crippen LogP contribution >= 0.6 is 11.8 Å². The fraction of sp³-hybridized carbons (Fsp3) is 0.312. The monoisotopic (exact) mass is 304 g/mol. The van der Waals surface area contributed by atoms with Crippen molar-refractivity contribution in [2.75, 3.05) is 19.3 Å². The molecule has 0 bridgehead atoms. The summed E-state index contributed by atoms with van der Waals surface area (Å²) in [6, 6.07) is 15.4. The molecule has 0 saturated carbocycles. The van der Waals surface area contributed by atoms with Gasteiger partial charge in [0, 0.05) is 31.0 Å². The van der Waals surface area contributed by atoms with Crippen LogP contribution in [0.5, 0.6) is 0 Å². The highest BCUT2D eigenvalue weighted by molar-refractivity contribution is 7.99. The van der Waals surface area contributed by atoms with Gasteiger partial charge in [-0.3, -0.25) is 4.90 Å². The van der Waals surface area contributed by atoms with Gasteiger partial charge in [0.1, 0.15) is 0 Å². The van der Waals surface area contributed by atoms with Crippen LogP contribution < -0.4 is 4.73 Å². The van der Waals surface area contributed by atoms with E-state index >= 15 is 0 Å². The van der Waals surface area contributed by atoms with E-state index in [1.807, 2.05) is 31.3 Å². The van der Waals surface area contributed by atoms with Crippen molar-refractivity contribution in [1.29, 1.82) is 0 Å². The van der Waals surface area contributed by atoms with Gasteiger partial charge in [0.25, 0.3) is 5.03 Å². The Balaban J connectivity index is 1.76. The molecule has 21 heavy (non-hydrogen) atoms. The van der Waals surface area contributed by atoms with E-state index in [1.165, 1.54) is 23.5 Å². The molecule has 1 aromatic carbocycles. The molecule has 1 aromatic heterocycles. The maximum Gasteiger partial charge on any atom is 0.251 e. The molecular weight excluding hydrogens is 284 g/mol. The number of nitrogens with zero attached hydrogens (tertiary/aromatic N) is 2. The number of pyridine rings is 1. The second-order valence-electron chi connectivity index (χ2n) is 5.01. The third-order valence-corrected chi connectivity index (χ3v) is 4.19. The number of rotatable bonds is 7. The van der Waals surface area contributed by atoms with E-state index < -0.39 is 6.10 Å². The first kappa shape index (κ1) is 15.8. The lowest BCUT2D eigenvalue weighted by molar-refractivity contribution is -0.645. The lowest BCUT2D eigenvalue weighted by Crippen LogP contribution is -2.32. The summed E-state index contributed by atoms with van der Waals surface area (Å²) < 4.78 is 0.824. The van der Waals surface area contributed by atoms with Gasteiger partial charge in [-0.25, -0.2) is 0 Å². The van der Waals surface area contributed by atoms with Gasteiger partial charge in [-0.1, -0.05) is 42.1 Å². The molecule has 0 spiro atoms. The first-order valence-corrected chi connectivity index (χ1v) is 7.85. The summed E-state index contributed by atoms with van der Waals surface area (Å²) in [6.45, 7) is 1.38. The molecule has 1 atom stereocenters. The quantitative estimate of drug-likeness (QED) is 0.482. The summed E-state index contributed by atoms with van der Waals surface area (Å²) in [7, 11) is 1.98. The summed E-state index contributed by atoms with van der Waals surface area (Å²) in [6.07, 6.45) is 1.000. The Morgan fingerprint density at radius 3 is 2.62 bits per heavy atom. The fourth-order valence-corrected chi connectivity index (χ4v) is 2.91. The zero-order valence-corrected chi connectivity index (χ0v) is 12.9. The molecule has 112 valence electrons. The van der Waals surface area contributed by atoms with Gasteiger partial charge in [-0.05, 0) is 18.7 Å². The number of aromatic nitrogens is 1. The molecule has 0 aliphatic carbocycles. The molecule has 0 fully saturated rings. The predicted octanol–water partition coefficient (Wildman–Crippen LogP) is 1.91. The van der Waals surface area contributed by atoms with Gasteiger partial charge in [0.05, 0.1) is 6.10 Å². The SMILES string of the molecule is CN(Cc1ccccc1)CC(O)CSc1cccc[n+]1[O-]. The topological polar surface area (TPSA) is 50.4 Å². The van der Waals surface area contributed by atoms with Crippen molar-refractivity contribution in [2.24, 2.45) is 0 Å². The van der Waals surface area contributed by atoms with Crippen molar-refractivity contribution >= 4 is 11.8 Å². The second kappa shape index (κ2) is 8.02. The van der Waals surface area contributed by atoms with E-state index in [0.717, 1.165) is 11.3 Å². The van der Waals surface area contributed by atoms with Crippen molar-refractivity contribution in [1.82, 2.24) is 4.90 Å². The van der Waals surface area contributed by atoms with Crippen LogP contribution in [0.15, 0.2) is 59.8 Å². The van der Waals surface area contributed by atoms with Gasteiger partial charge in [-0.15, -0.1) is 0 Å². The zero-order chi connectivity index (χ0) is 15.1. The fourth-order valence-electron chi connectivity index (χ4n) is 2.08. The van der Waals surface area contributed by atoms with Gasteiger partial charge >= 0.3 is 0 Å². The minimum Gasteiger partial charge on any atom is -0.618 e. The second-order valence-corrected chi connectivity index (χ2v) is 6.05. The molecule has 0 saturated heterocycles. The third-order valence-electron chi connectivity index (χ3n) is 3.03. The molecule has 0 aliphatic heterocycles. The standard InChI is InChI=1S/C16H20N2O2S/c1-17(11-14-7-3-2-4-8-14)12-15(19)13-21-16-9-5-6-10-18(16)20/h2-10,15,19H,11-13H2,1H3. The third kappa shape index (κ3) is 5.38. The molecule has 5 heteroatoms. The predicted molar refractivity (Wildman–Crippen MR) is 84.9 cm³/mol. The first-order chi connectivity index (χ1) is 10.1. The van der Waals surface area contributed by atoms with Crippen LogP contribution in [-0.4, -0.2) is 35.5 Å². The van der Waals surface area contributed by atoms with Crippen molar-refractivity contribution < 1.29 is 9.84 Å². The number of hydrogen-bond acceptors (Lipinski definition) is 4. The van der Waals surface area contributed by atoms with E-state index in [4.69, 9.17) is 0 Å². The molecular formula is C16H20N2O2S. The minimum absolute atomic E-state index is 0.469. The molecule has 1 heterocycles. The van der Waals surface area contributed by atoms with Crippen LogP contribution in [0.3, 0.4) is 0 Å². The first-order valence-electron chi connectivity index (χ1n) is 6.86. The van der Waals surface area contributed by atoms with Crippen LogP contribution in [0, 0.1) is 5.21 Å². The summed E-state index contributed by atoms with van der Waals surface area (Å²) >= 11 is 1.38. The highest BCUT2D eigenvalue weighted by Gasteiger charge is 2.12. The van der Waals surface area contributed by atoms with Crippen molar-refractivity contribution in [3.05, 3.63) is 65.5 Å². The maximum atomic E-state index is 11.5. The Hall–Kier alpha value is -1.56. The number of thioether (sulfide) groups is 1. The summed E-state index contributed by atoms with van der Waals surface area (Å²) in [5, 5.41) is 22.2. The van der Waals surface area contributed by atoms with E-state index in [-0.39, 0.29) is 0 Å². The van der Waals surface area contributed by atoms with E-state index in [9.17, 15) is 10.3 Å². The summed E-state index contributed by atoms with van der Waals surface area (Å²) in [4.78, 5) is 2.08. The lowest BCUT2D eigenvalue weighted by atomic mass is 10.2. The van der Waals surface area contributed by atoms with Crippen molar-refractivity contribution in [3.63, 3.8) is 0 Å². The summed E-state index contributed by atoms with van der Waals surface area (Å²) in [5.74, 6) is 0.505. The number of aliphatic hydroxyl groups excluding tert-OH is 1. The average molecular weight is 304 g/mol. The Kier molecular flexibility index (Phi) is 6.04. The van der Waals surface area contributed by atoms with Gasteiger partial charge in [0.2, 0.25) is 0 Å². The normalized spacial score (nSPS) is 12.5. The van der Waals surface area contributed by atoms with Crippen LogP contribution in [0.1, 0.15) is 5.56 Å². The highest BCUT2D eigenvalue weighted by atomic mass is 32.2. The number of likely N-dealkylation sites (N-methyl/N-ethyl adjacent to an activating group) is 1. The Morgan fingerprint density at radius 2 is 1.90 bits per heavy atom. The highest BCUT2D eigenvalue weighted by Crippen LogP contribution is 2.14. The van der Waals surface area contributed by atoms with Gasteiger partial charge in [0.15, 0.2) is 6.20 Å². The van der Waals surface area contributed by atoms with Crippen LogP contribution in [-0.2, 0) is 6.54 Å². The van der Waals surface area contributed by atoms with Gasteiger partial charge in [-0.2, -0.15) is 4.73 Å². The van der Waals surface area contributed by atoms with Crippen LogP contribution in [0.4, 0.5) is 0 Å². The number of benzene rings is 1. The smallest absolute Gasteiger partial charge is 0.251 e. The molecule has 1 unspecified atom stereocenters. The van der Waals surface area contributed by atoms with Crippen LogP contribution in [0.2, 0.25) is 0 Å². The summed E-state index contributed by atoms with van der Waals surface area (Å²) in [5.41, 5.74) is 1.22. The minimum atomic E-state index is -0.469. The van der Waals surface area contributed by atoms with Gasteiger partial charge < -0.3 is 10.3 Å². The molecule has 1 N–H and O–H groups in total. The van der Waals surface area contributed by atoms with E-state index in [1.54, 1.807) is 12.1 Å². The van der Waals surface area contributed by atoms with Crippen molar-refractivity contribution in [2.45, 2.75) is 17.7 Å². The molecule has 0 amide bonds. The Labute approximate surface area is 129 Å². The molecule has 0 aliphatic rings. The number of aliphatic hydroxyl groups is 1. The van der Waals surface area contributed by atoms with Crippen LogP contribution in [0.25, 0.3) is 0 Å². The van der Waals surface area contributed by atoms with E-state index in [2.05, 4.69) is 17.0 Å². The molecule has 4 nitrogen and oxygen atoms in total.